The SMILES string of the molecule is C/C(=N\NC(=S)N/N=C(\C)c1ccc(Br)cc1)c1ccc(Br)cc1.C/C(=N\NC(=S)N/N=C(\C)c1ccc(Br)cc1)c1ccc(Br)cc1. The summed E-state index contributed by atoms with van der Waals surface area (Å²) < 4.78 is 4.12. The lowest BCUT2D eigenvalue weighted by molar-refractivity contribution is 0.925. The lowest BCUT2D eigenvalue weighted by Crippen LogP contribution is -2.29. The summed E-state index contributed by atoms with van der Waals surface area (Å²) in [4.78, 5) is 0. The van der Waals surface area contributed by atoms with Gasteiger partial charge in [-0.05, 0) is 123 Å². The summed E-state index contributed by atoms with van der Waals surface area (Å²) >= 11 is 24.0. The third-order valence-electron chi connectivity index (χ3n) is 6.35. The molecule has 48 heavy (non-hydrogen) atoms. The van der Waals surface area contributed by atoms with Crippen LogP contribution in [0.5, 0.6) is 0 Å². The van der Waals surface area contributed by atoms with Crippen LogP contribution < -0.4 is 21.7 Å². The summed E-state index contributed by atoms with van der Waals surface area (Å²) in [6.45, 7) is 7.65. The van der Waals surface area contributed by atoms with E-state index in [9.17, 15) is 0 Å². The van der Waals surface area contributed by atoms with Crippen molar-refractivity contribution in [3.63, 3.8) is 0 Å². The summed E-state index contributed by atoms with van der Waals surface area (Å²) in [7, 11) is 0. The van der Waals surface area contributed by atoms with E-state index in [4.69, 9.17) is 24.4 Å². The molecule has 4 aromatic rings. The minimum atomic E-state index is 0.336. The number of rotatable bonds is 8. The number of hydrogen-bond donors (Lipinski definition) is 4. The maximum atomic E-state index is 5.18. The minimum absolute atomic E-state index is 0.336. The standard InChI is InChI=1S/2C17H16Br2N4S/c2*1-11(13-3-7-15(18)8-4-13)20-22-17(24)23-21-12(2)14-5-9-16(19)10-6-14/h2*3-10H,1-2H3,(H2,22,23,24)/b2*20-11+,21-12+. The van der Waals surface area contributed by atoms with Gasteiger partial charge in [0, 0.05) is 17.9 Å². The first kappa shape index (κ1) is 39.3. The maximum Gasteiger partial charge on any atom is 0.207 e. The lowest BCUT2D eigenvalue weighted by Gasteiger charge is -2.06. The first-order valence-corrected chi connectivity index (χ1v) is 18.2. The lowest BCUT2D eigenvalue weighted by atomic mass is 10.1. The van der Waals surface area contributed by atoms with Gasteiger partial charge in [0.25, 0.3) is 0 Å². The van der Waals surface area contributed by atoms with Gasteiger partial charge in [0.2, 0.25) is 10.2 Å². The molecule has 0 unspecified atom stereocenters. The summed E-state index contributed by atoms with van der Waals surface area (Å²) in [5.41, 5.74) is 18.6. The molecule has 0 aliphatic carbocycles. The Morgan fingerprint density at radius 2 is 0.542 bits per heavy atom. The van der Waals surface area contributed by atoms with Crippen molar-refractivity contribution in [2.24, 2.45) is 20.4 Å². The molecular formula is C34H32Br4N8S2. The van der Waals surface area contributed by atoms with Crippen LogP contribution in [0.1, 0.15) is 49.9 Å². The van der Waals surface area contributed by atoms with Gasteiger partial charge < -0.3 is 0 Å². The van der Waals surface area contributed by atoms with E-state index in [0.29, 0.717) is 10.2 Å². The average molecular weight is 936 g/mol. The highest BCUT2D eigenvalue weighted by Gasteiger charge is 2.02. The van der Waals surface area contributed by atoms with Crippen LogP contribution in [-0.2, 0) is 0 Å². The highest BCUT2D eigenvalue weighted by Crippen LogP contribution is 2.13. The number of nitrogens with one attached hydrogen (secondary N) is 4. The van der Waals surface area contributed by atoms with Crippen molar-refractivity contribution < 1.29 is 0 Å². The topological polar surface area (TPSA) is 97.6 Å². The fraction of sp³-hybridized carbons (Fsp3) is 0.118. The molecule has 0 aromatic heterocycles. The molecule has 0 fully saturated rings. The predicted octanol–water partition coefficient (Wildman–Crippen LogP) is 9.65. The van der Waals surface area contributed by atoms with Crippen LogP contribution in [0.3, 0.4) is 0 Å². The number of nitrogens with zero attached hydrogens (tertiary/aromatic N) is 4. The molecule has 4 N–H and O–H groups in total. The minimum Gasteiger partial charge on any atom is -0.252 e. The quantitative estimate of drug-likeness (QED) is 0.0799. The first-order valence-electron chi connectivity index (χ1n) is 14.2. The molecule has 0 radical (unpaired) electrons. The number of benzene rings is 4. The molecule has 8 nitrogen and oxygen atoms in total. The van der Waals surface area contributed by atoms with Crippen molar-refractivity contribution in [1.29, 1.82) is 0 Å². The third-order valence-corrected chi connectivity index (χ3v) is 8.83. The van der Waals surface area contributed by atoms with Crippen LogP contribution in [0.25, 0.3) is 0 Å². The highest BCUT2D eigenvalue weighted by atomic mass is 79.9. The molecule has 4 aromatic carbocycles. The van der Waals surface area contributed by atoms with E-state index in [2.05, 4.69) is 106 Å². The third kappa shape index (κ3) is 14.1. The molecule has 0 aliphatic heterocycles. The summed E-state index contributed by atoms with van der Waals surface area (Å²) in [5, 5.41) is 17.7. The van der Waals surface area contributed by atoms with Gasteiger partial charge in [-0.1, -0.05) is 112 Å². The number of hydrogen-bond acceptors (Lipinski definition) is 6. The van der Waals surface area contributed by atoms with Crippen LogP contribution in [0.4, 0.5) is 0 Å². The Hall–Kier alpha value is -3.14. The molecule has 0 saturated carbocycles. The van der Waals surface area contributed by atoms with E-state index in [1.807, 2.05) is 125 Å². The fourth-order valence-electron chi connectivity index (χ4n) is 3.61. The Bertz CT molecular complexity index is 1540. The highest BCUT2D eigenvalue weighted by molar-refractivity contribution is 9.11. The molecule has 0 heterocycles. The number of hydrazone groups is 4. The summed E-state index contributed by atoms with van der Waals surface area (Å²) in [6.07, 6.45) is 0. The van der Waals surface area contributed by atoms with E-state index in [-0.39, 0.29) is 0 Å². The van der Waals surface area contributed by atoms with Gasteiger partial charge in [-0.2, -0.15) is 20.4 Å². The van der Waals surface area contributed by atoms with E-state index in [1.165, 1.54) is 0 Å². The molecule has 248 valence electrons. The molecule has 0 bridgehead atoms. The van der Waals surface area contributed by atoms with Crippen molar-refractivity contribution in [3.05, 3.63) is 137 Å². The molecule has 0 spiro atoms. The second-order valence-corrected chi connectivity index (χ2v) is 14.4. The summed E-state index contributed by atoms with van der Waals surface area (Å²) in [5.74, 6) is 0. The van der Waals surface area contributed by atoms with Gasteiger partial charge in [-0.25, -0.2) is 0 Å². The largest absolute Gasteiger partial charge is 0.252 e. The van der Waals surface area contributed by atoms with E-state index < -0.39 is 0 Å². The van der Waals surface area contributed by atoms with Gasteiger partial charge in [-0.3, -0.25) is 21.7 Å². The second-order valence-electron chi connectivity index (χ2n) is 9.92. The zero-order valence-corrected chi connectivity index (χ0v) is 34.3. The molecule has 0 atom stereocenters. The Balaban J connectivity index is 0.000000260. The Kier molecular flexibility index (Phi) is 16.7. The number of thiocarbonyl (C=S) groups is 2. The van der Waals surface area contributed by atoms with E-state index >= 15 is 0 Å². The van der Waals surface area contributed by atoms with Gasteiger partial charge in [0.15, 0.2) is 0 Å². The van der Waals surface area contributed by atoms with Crippen LogP contribution in [0, 0.1) is 0 Å². The van der Waals surface area contributed by atoms with Crippen LogP contribution in [-0.4, -0.2) is 33.1 Å². The van der Waals surface area contributed by atoms with Crippen LogP contribution in [0.15, 0.2) is 135 Å². The molecule has 4 rings (SSSR count). The van der Waals surface area contributed by atoms with Crippen molar-refractivity contribution >= 4 is 121 Å². The van der Waals surface area contributed by atoms with Crippen molar-refractivity contribution in [2.75, 3.05) is 0 Å². The fourth-order valence-corrected chi connectivity index (χ4v) is 4.85. The Labute approximate surface area is 325 Å². The molecule has 0 amide bonds. The molecule has 14 heteroatoms. The van der Waals surface area contributed by atoms with Crippen LogP contribution in [0.2, 0.25) is 0 Å². The van der Waals surface area contributed by atoms with Gasteiger partial charge in [0.05, 0.1) is 22.8 Å². The van der Waals surface area contributed by atoms with Crippen molar-refractivity contribution in [1.82, 2.24) is 21.7 Å². The predicted molar refractivity (Wildman–Crippen MR) is 223 cm³/mol. The molecular weight excluding hydrogens is 904 g/mol. The zero-order valence-electron chi connectivity index (χ0n) is 26.4. The van der Waals surface area contributed by atoms with Crippen molar-refractivity contribution in [2.45, 2.75) is 27.7 Å². The van der Waals surface area contributed by atoms with Gasteiger partial charge in [0.1, 0.15) is 0 Å². The monoisotopic (exact) mass is 932 g/mol. The normalized spacial score (nSPS) is 12.0. The summed E-state index contributed by atoms with van der Waals surface area (Å²) in [6, 6.07) is 31.6. The zero-order chi connectivity index (χ0) is 35.1. The first-order chi connectivity index (χ1) is 22.9. The van der Waals surface area contributed by atoms with Crippen LogP contribution >= 0.6 is 88.2 Å². The number of halogens is 4. The van der Waals surface area contributed by atoms with Crippen molar-refractivity contribution in [3.8, 4) is 0 Å². The van der Waals surface area contributed by atoms with E-state index in [0.717, 1.165) is 63.0 Å². The molecule has 0 saturated heterocycles. The van der Waals surface area contributed by atoms with Gasteiger partial charge in [-0.15, -0.1) is 0 Å². The smallest absolute Gasteiger partial charge is 0.207 e. The average Bonchev–Trinajstić information content (AvgIpc) is 3.09. The maximum absolute atomic E-state index is 5.18. The Morgan fingerprint density at radius 3 is 0.708 bits per heavy atom. The van der Waals surface area contributed by atoms with Gasteiger partial charge >= 0.3 is 0 Å². The van der Waals surface area contributed by atoms with E-state index in [1.54, 1.807) is 0 Å². The second kappa shape index (κ2) is 20.4. The Morgan fingerprint density at radius 1 is 0.375 bits per heavy atom. The molecule has 0 aliphatic rings.